The molecule has 3 atom stereocenters. The van der Waals surface area contributed by atoms with Gasteiger partial charge in [-0.25, -0.2) is 0 Å². The number of hydrogen-bond donors (Lipinski definition) is 2. The summed E-state index contributed by atoms with van der Waals surface area (Å²) in [5.41, 5.74) is 0. The summed E-state index contributed by atoms with van der Waals surface area (Å²) in [6, 6.07) is 0.624. The van der Waals surface area contributed by atoms with Crippen LogP contribution in [-0.2, 0) is 0 Å². The van der Waals surface area contributed by atoms with Crippen molar-refractivity contribution in [2.45, 2.75) is 65.0 Å². The first-order valence-electron chi connectivity index (χ1n) is 8.70. The summed E-state index contributed by atoms with van der Waals surface area (Å²) in [4.78, 5) is 2.66. The zero-order chi connectivity index (χ0) is 14.5. The Bertz CT molecular complexity index is 278. The molecule has 2 rings (SSSR count). The second-order valence-corrected chi connectivity index (χ2v) is 7.56. The van der Waals surface area contributed by atoms with Gasteiger partial charge in [0.2, 0.25) is 0 Å². The van der Waals surface area contributed by atoms with E-state index in [9.17, 15) is 5.11 Å². The molecule has 118 valence electrons. The predicted octanol–water partition coefficient (Wildman–Crippen LogP) is 2.49. The summed E-state index contributed by atoms with van der Waals surface area (Å²) in [7, 11) is 0. The van der Waals surface area contributed by atoms with Gasteiger partial charge in [-0.3, -0.25) is 0 Å². The van der Waals surface area contributed by atoms with Crippen LogP contribution in [0.4, 0.5) is 0 Å². The highest BCUT2D eigenvalue weighted by molar-refractivity contribution is 4.87. The minimum atomic E-state index is -0.105. The summed E-state index contributed by atoms with van der Waals surface area (Å²) in [6.45, 7) is 11.5. The summed E-state index contributed by atoms with van der Waals surface area (Å²) < 4.78 is 0. The van der Waals surface area contributed by atoms with Gasteiger partial charge in [0.1, 0.15) is 0 Å². The van der Waals surface area contributed by atoms with Crippen molar-refractivity contribution < 1.29 is 5.11 Å². The van der Waals surface area contributed by atoms with E-state index >= 15 is 0 Å². The van der Waals surface area contributed by atoms with E-state index < -0.39 is 0 Å². The average molecular weight is 282 g/mol. The van der Waals surface area contributed by atoms with Crippen LogP contribution in [0.25, 0.3) is 0 Å². The maximum absolute atomic E-state index is 9.96. The number of nitrogens with one attached hydrogen (secondary N) is 1. The third kappa shape index (κ3) is 5.71. The molecule has 3 unspecified atom stereocenters. The highest BCUT2D eigenvalue weighted by Crippen LogP contribution is 2.32. The second kappa shape index (κ2) is 7.77. The predicted molar refractivity (Wildman–Crippen MR) is 84.8 cm³/mol. The zero-order valence-corrected chi connectivity index (χ0v) is 13.6. The lowest BCUT2D eigenvalue weighted by Gasteiger charge is -2.39. The number of likely N-dealkylation sites (tertiary alicyclic amines) is 1. The number of piperidine rings is 1. The molecule has 0 amide bonds. The molecule has 2 fully saturated rings. The van der Waals surface area contributed by atoms with Gasteiger partial charge in [0, 0.05) is 25.7 Å². The molecule has 0 aromatic rings. The van der Waals surface area contributed by atoms with E-state index in [1.807, 2.05) is 0 Å². The molecule has 0 radical (unpaired) electrons. The van der Waals surface area contributed by atoms with E-state index in [2.05, 4.69) is 31.0 Å². The van der Waals surface area contributed by atoms with Crippen molar-refractivity contribution in [3.8, 4) is 0 Å². The quantitative estimate of drug-likeness (QED) is 0.718. The lowest BCUT2D eigenvalue weighted by Crippen LogP contribution is -2.50. The minimum absolute atomic E-state index is 0.105. The number of aliphatic hydroxyl groups excluding tert-OH is 1. The maximum atomic E-state index is 9.96. The van der Waals surface area contributed by atoms with E-state index in [0.717, 1.165) is 25.3 Å². The van der Waals surface area contributed by atoms with Crippen LogP contribution in [0.15, 0.2) is 0 Å². The topological polar surface area (TPSA) is 35.5 Å². The lowest BCUT2D eigenvalue weighted by atomic mass is 9.88. The van der Waals surface area contributed by atoms with Gasteiger partial charge >= 0.3 is 0 Å². The number of nitrogens with zero attached hydrogens (tertiary/aromatic N) is 1. The van der Waals surface area contributed by atoms with Crippen LogP contribution in [0.2, 0.25) is 0 Å². The fourth-order valence-corrected chi connectivity index (χ4v) is 3.39. The lowest BCUT2D eigenvalue weighted by molar-refractivity contribution is 0.0811. The van der Waals surface area contributed by atoms with Gasteiger partial charge in [-0.15, -0.1) is 0 Å². The first kappa shape index (κ1) is 16.3. The Morgan fingerprint density at radius 1 is 1.20 bits per heavy atom. The van der Waals surface area contributed by atoms with Crippen LogP contribution in [0.3, 0.4) is 0 Å². The molecule has 2 aliphatic rings. The third-order valence-corrected chi connectivity index (χ3v) is 4.72. The van der Waals surface area contributed by atoms with E-state index in [0.29, 0.717) is 17.9 Å². The van der Waals surface area contributed by atoms with Crippen LogP contribution in [0.5, 0.6) is 0 Å². The second-order valence-electron chi connectivity index (χ2n) is 7.56. The van der Waals surface area contributed by atoms with Crippen LogP contribution >= 0.6 is 0 Å². The van der Waals surface area contributed by atoms with Gasteiger partial charge in [-0.2, -0.15) is 0 Å². The molecule has 1 heterocycles. The largest absolute Gasteiger partial charge is 0.393 e. The van der Waals surface area contributed by atoms with Crippen LogP contribution in [0.1, 0.15) is 52.9 Å². The Morgan fingerprint density at radius 3 is 2.55 bits per heavy atom. The molecule has 20 heavy (non-hydrogen) atoms. The molecule has 1 saturated heterocycles. The van der Waals surface area contributed by atoms with Gasteiger partial charge in [-0.1, -0.05) is 20.8 Å². The molecule has 1 saturated carbocycles. The number of aliphatic hydroxyl groups is 1. The minimum Gasteiger partial charge on any atom is -0.393 e. The SMILES string of the molecule is CCC(O)CC1CC(NCC(C)C)CN(CC2CC2)C1. The Kier molecular flexibility index (Phi) is 6.31. The van der Waals surface area contributed by atoms with Crippen molar-refractivity contribution in [1.29, 1.82) is 0 Å². The van der Waals surface area contributed by atoms with Crippen LogP contribution in [-0.4, -0.2) is 48.3 Å². The summed E-state index contributed by atoms with van der Waals surface area (Å²) in [5.74, 6) is 2.35. The molecule has 2 N–H and O–H groups in total. The molecule has 1 aliphatic carbocycles. The normalized spacial score (nSPS) is 29.9. The molecule has 0 spiro atoms. The standard InChI is InChI=1S/C17H34N2O/c1-4-17(20)8-15-7-16(18-9-13(2)3)12-19(11-15)10-14-5-6-14/h13-18,20H,4-12H2,1-3H3. The third-order valence-electron chi connectivity index (χ3n) is 4.72. The number of rotatable bonds is 8. The highest BCUT2D eigenvalue weighted by Gasteiger charge is 2.31. The maximum Gasteiger partial charge on any atom is 0.0540 e. The van der Waals surface area contributed by atoms with Crippen molar-refractivity contribution in [2.24, 2.45) is 17.8 Å². The van der Waals surface area contributed by atoms with E-state index in [1.165, 1.54) is 38.9 Å². The van der Waals surface area contributed by atoms with Gasteiger partial charge in [0.25, 0.3) is 0 Å². The van der Waals surface area contributed by atoms with E-state index in [1.54, 1.807) is 0 Å². The molecule has 0 bridgehead atoms. The van der Waals surface area contributed by atoms with Crippen LogP contribution in [0, 0.1) is 17.8 Å². The smallest absolute Gasteiger partial charge is 0.0540 e. The Hall–Kier alpha value is -0.120. The average Bonchev–Trinajstić information content (AvgIpc) is 3.20. The van der Waals surface area contributed by atoms with Crippen molar-refractivity contribution in [3.63, 3.8) is 0 Å². The first-order chi connectivity index (χ1) is 9.56. The van der Waals surface area contributed by atoms with Crippen molar-refractivity contribution in [1.82, 2.24) is 10.2 Å². The van der Waals surface area contributed by atoms with E-state index in [-0.39, 0.29) is 6.10 Å². The zero-order valence-electron chi connectivity index (χ0n) is 13.6. The van der Waals surface area contributed by atoms with Gasteiger partial charge in [-0.05, 0) is 56.4 Å². The molecule has 0 aromatic carbocycles. The molecule has 3 heteroatoms. The summed E-state index contributed by atoms with van der Waals surface area (Å²) >= 11 is 0. The van der Waals surface area contributed by atoms with Crippen molar-refractivity contribution >= 4 is 0 Å². The Morgan fingerprint density at radius 2 is 1.95 bits per heavy atom. The molecular weight excluding hydrogens is 248 g/mol. The van der Waals surface area contributed by atoms with Gasteiger partial charge in [0.15, 0.2) is 0 Å². The van der Waals surface area contributed by atoms with Crippen molar-refractivity contribution in [3.05, 3.63) is 0 Å². The molecule has 1 aliphatic heterocycles. The number of hydrogen-bond acceptors (Lipinski definition) is 3. The molecular formula is C17H34N2O. The van der Waals surface area contributed by atoms with Gasteiger partial charge < -0.3 is 15.3 Å². The summed E-state index contributed by atoms with van der Waals surface area (Å²) in [6.07, 6.45) is 5.88. The monoisotopic (exact) mass is 282 g/mol. The van der Waals surface area contributed by atoms with Crippen molar-refractivity contribution in [2.75, 3.05) is 26.2 Å². The van der Waals surface area contributed by atoms with Gasteiger partial charge in [0.05, 0.1) is 6.10 Å². The van der Waals surface area contributed by atoms with Crippen LogP contribution < -0.4 is 5.32 Å². The molecule has 3 nitrogen and oxygen atoms in total. The summed E-state index contributed by atoms with van der Waals surface area (Å²) in [5, 5.41) is 13.7. The Balaban J connectivity index is 1.83. The highest BCUT2D eigenvalue weighted by atomic mass is 16.3. The van der Waals surface area contributed by atoms with E-state index in [4.69, 9.17) is 0 Å². The fourth-order valence-electron chi connectivity index (χ4n) is 3.39. The molecule has 0 aromatic heterocycles. The Labute approximate surface area is 125 Å². The first-order valence-corrected chi connectivity index (χ1v) is 8.70. The fraction of sp³-hybridized carbons (Fsp3) is 1.00.